The number of hydrogen-bond donors (Lipinski definition) is 0. The van der Waals surface area contributed by atoms with Gasteiger partial charge in [0.1, 0.15) is 5.82 Å². The molecule has 0 aliphatic rings. The van der Waals surface area contributed by atoms with E-state index in [0.29, 0.717) is 11.3 Å². The monoisotopic (exact) mass is 290 g/mol. The van der Waals surface area contributed by atoms with E-state index in [1.807, 2.05) is 0 Å². The Bertz CT molecular complexity index is 578. The van der Waals surface area contributed by atoms with Crippen LogP contribution < -0.4 is 56.5 Å². The van der Waals surface area contributed by atoms with Gasteiger partial charge in [-0.1, -0.05) is 0 Å². The molecule has 0 radical (unpaired) electrons. The number of aromatic nitrogens is 2. The number of aromatic carboxylic acids is 1. The van der Waals surface area contributed by atoms with Crippen molar-refractivity contribution in [3.63, 3.8) is 0 Å². The van der Waals surface area contributed by atoms with E-state index in [1.165, 1.54) is 30.3 Å². The summed E-state index contributed by atoms with van der Waals surface area (Å²) in [6.45, 7) is 0. The van der Waals surface area contributed by atoms with Crippen LogP contribution in [0.5, 0.6) is 0 Å². The number of nitrogens with zero attached hydrogens (tertiary/aromatic N) is 2. The van der Waals surface area contributed by atoms with E-state index in [4.69, 9.17) is 11.6 Å². The zero-order valence-electron chi connectivity index (χ0n) is 9.35. The van der Waals surface area contributed by atoms with Gasteiger partial charge in [0.15, 0.2) is 0 Å². The molecule has 0 fully saturated rings. The third-order valence-electron chi connectivity index (χ3n) is 2.05. The predicted molar refractivity (Wildman–Crippen MR) is 56.8 cm³/mol. The van der Waals surface area contributed by atoms with Crippen LogP contribution in [0.3, 0.4) is 0 Å². The maximum Gasteiger partial charge on any atom is 1.00 e. The summed E-state index contributed by atoms with van der Waals surface area (Å²) in [5.74, 6) is -1.84. The first kappa shape index (κ1) is 15.7. The minimum Gasteiger partial charge on any atom is -0.543 e. The van der Waals surface area contributed by atoms with E-state index < -0.39 is 11.8 Å². The number of carboxylic acids is 1. The normalized spacial score (nSPS) is 9.67. The van der Waals surface area contributed by atoms with Gasteiger partial charge in [0.2, 0.25) is 5.28 Å². The fraction of sp³-hybridized carbons (Fsp3) is 0. The maximum atomic E-state index is 12.7. The zero-order valence-corrected chi connectivity index (χ0v) is 13.2. The first-order chi connectivity index (χ1) is 8.06. The molecule has 7 heteroatoms. The van der Waals surface area contributed by atoms with Gasteiger partial charge in [-0.25, -0.2) is 14.4 Å². The van der Waals surface area contributed by atoms with E-state index in [1.54, 1.807) is 0 Å². The third-order valence-corrected chi connectivity index (χ3v) is 2.22. The van der Waals surface area contributed by atoms with E-state index in [2.05, 4.69) is 9.97 Å². The van der Waals surface area contributed by atoms with E-state index >= 15 is 0 Å². The largest absolute Gasteiger partial charge is 1.00 e. The van der Waals surface area contributed by atoms with Crippen LogP contribution in [0.4, 0.5) is 4.39 Å². The van der Waals surface area contributed by atoms with Crippen LogP contribution in [0.1, 0.15) is 10.5 Å². The number of hydrogen-bond acceptors (Lipinski definition) is 4. The molecular formula is C11H5ClFKN2O2. The summed E-state index contributed by atoms with van der Waals surface area (Å²) in [4.78, 5) is 18.0. The smallest absolute Gasteiger partial charge is 0.543 e. The van der Waals surface area contributed by atoms with Gasteiger partial charge in [0, 0.05) is 5.56 Å². The van der Waals surface area contributed by atoms with Crippen molar-refractivity contribution >= 4 is 17.6 Å². The van der Waals surface area contributed by atoms with Crippen molar-refractivity contribution in [2.75, 3.05) is 0 Å². The Kier molecular flexibility index (Phi) is 5.83. The molecule has 0 saturated heterocycles. The molecule has 4 nitrogen and oxygen atoms in total. The average molecular weight is 291 g/mol. The molecule has 0 bridgehead atoms. The Morgan fingerprint density at radius 1 is 1.22 bits per heavy atom. The Morgan fingerprint density at radius 3 is 2.39 bits per heavy atom. The van der Waals surface area contributed by atoms with Crippen molar-refractivity contribution < 1.29 is 65.7 Å². The van der Waals surface area contributed by atoms with Gasteiger partial charge >= 0.3 is 51.4 Å². The molecule has 1 aromatic heterocycles. The fourth-order valence-electron chi connectivity index (χ4n) is 1.29. The topological polar surface area (TPSA) is 65.9 Å². The van der Waals surface area contributed by atoms with Crippen molar-refractivity contribution in [2.24, 2.45) is 0 Å². The van der Waals surface area contributed by atoms with Gasteiger partial charge in [-0.05, 0) is 41.9 Å². The molecule has 0 saturated carbocycles. The Morgan fingerprint density at radius 2 is 1.83 bits per heavy atom. The number of carboxylic acid groups (broad SMARTS) is 1. The average Bonchev–Trinajstić information content (AvgIpc) is 2.29. The standard InChI is InChI=1S/C11H6ClFN2O2.K/c12-11-14-8(5-9(15-11)10(16)17)6-1-3-7(13)4-2-6;/h1-5H,(H,16,17);/q;+1/p-1. The number of carbonyl (C=O) groups excluding carboxylic acids is 1. The van der Waals surface area contributed by atoms with Crippen LogP contribution in [0.15, 0.2) is 30.3 Å². The Labute approximate surface area is 150 Å². The van der Waals surface area contributed by atoms with E-state index in [-0.39, 0.29) is 62.4 Å². The minimum atomic E-state index is -1.45. The van der Waals surface area contributed by atoms with Gasteiger partial charge in [-0.3, -0.25) is 0 Å². The van der Waals surface area contributed by atoms with Crippen molar-refractivity contribution in [3.8, 4) is 11.3 Å². The van der Waals surface area contributed by atoms with Crippen molar-refractivity contribution in [1.29, 1.82) is 0 Å². The predicted octanol–water partition coefficient (Wildman–Crippen LogP) is -1.70. The van der Waals surface area contributed by atoms with E-state index in [9.17, 15) is 14.3 Å². The van der Waals surface area contributed by atoms with Crippen molar-refractivity contribution in [2.45, 2.75) is 0 Å². The second kappa shape index (κ2) is 6.69. The van der Waals surface area contributed by atoms with Crippen molar-refractivity contribution in [3.05, 3.63) is 47.1 Å². The summed E-state index contributed by atoms with van der Waals surface area (Å²) in [6.07, 6.45) is 0. The van der Waals surface area contributed by atoms with Gasteiger partial charge in [-0.15, -0.1) is 0 Å². The van der Waals surface area contributed by atoms with Crippen LogP contribution in [-0.2, 0) is 0 Å². The molecule has 0 aliphatic carbocycles. The molecule has 0 atom stereocenters. The number of carbonyl (C=O) groups is 1. The summed E-state index contributed by atoms with van der Waals surface area (Å²) < 4.78 is 12.7. The van der Waals surface area contributed by atoms with Gasteiger partial charge < -0.3 is 9.90 Å². The summed E-state index contributed by atoms with van der Waals surface area (Å²) in [5, 5.41) is 10.5. The second-order valence-electron chi connectivity index (χ2n) is 3.20. The number of halogens is 2. The molecule has 0 unspecified atom stereocenters. The maximum absolute atomic E-state index is 12.7. The van der Waals surface area contributed by atoms with Crippen LogP contribution in [0, 0.1) is 5.82 Å². The first-order valence-corrected chi connectivity index (χ1v) is 4.96. The fourth-order valence-corrected chi connectivity index (χ4v) is 1.47. The summed E-state index contributed by atoms with van der Waals surface area (Å²) in [6, 6.07) is 6.63. The third kappa shape index (κ3) is 3.81. The van der Waals surface area contributed by atoms with Gasteiger partial charge in [-0.2, -0.15) is 0 Å². The molecule has 1 aromatic carbocycles. The molecule has 86 valence electrons. The molecule has 0 amide bonds. The van der Waals surface area contributed by atoms with E-state index in [0.717, 1.165) is 0 Å². The zero-order chi connectivity index (χ0) is 12.4. The summed E-state index contributed by atoms with van der Waals surface area (Å²) in [7, 11) is 0. The molecule has 2 aromatic rings. The van der Waals surface area contributed by atoms with Crippen LogP contribution >= 0.6 is 11.6 Å². The second-order valence-corrected chi connectivity index (χ2v) is 3.54. The summed E-state index contributed by atoms with van der Waals surface area (Å²) in [5.41, 5.74) is 0.520. The van der Waals surface area contributed by atoms with Crippen LogP contribution in [0.25, 0.3) is 11.3 Å². The Balaban J connectivity index is 0.00000162. The van der Waals surface area contributed by atoms with Crippen molar-refractivity contribution in [1.82, 2.24) is 9.97 Å². The first-order valence-electron chi connectivity index (χ1n) is 4.58. The molecule has 1 heterocycles. The van der Waals surface area contributed by atoms with Gasteiger partial charge in [0.25, 0.3) is 0 Å². The molecular weight excluding hydrogens is 286 g/mol. The number of benzene rings is 1. The molecule has 0 aliphatic heterocycles. The molecule has 0 spiro atoms. The molecule has 18 heavy (non-hydrogen) atoms. The summed E-state index contributed by atoms with van der Waals surface area (Å²) >= 11 is 5.59. The molecule has 2 rings (SSSR count). The van der Waals surface area contributed by atoms with Gasteiger partial charge in [0.05, 0.1) is 17.4 Å². The van der Waals surface area contributed by atoms with Crippen LogP contribution in [-0.4, -0.2) is 15.9 Å². The van der Waals surface area contributed by atoms with Crippen LogP contribution in [0.2, 0.25) is 5.28 Å². The quantitative estimate of drug-likeness (QED) is 0.489. The SMILES string of the molecule is O=C([O-])c1cc(-c2ccc(F)cc2)nc(Cl)n1.[K+]. The Hall–Kier alpha value is -0.374. The number of rotatable bonds is 2. The molecule has 0 N–H and O–H groups in total. The minimum absolute atomic E-state index is 0.